The maximum atomic E-state index is 7.08. The minimum atomic E-state index is 0.0223. The van der Waals surface area contributed by atoms with E-state index in [1.807, 2.05) is 0 Å². The lowest BCUT2D eigenvalue weighted by Gasteiger charge is -2.24. The number of benzene rings is 4. The van der Waals surface area contributed by atoms with Gasteiger partial charge in [0, 0.05) is 11.1 Å². The number of aryl methyl sites for hydroxylation is 4. The second-order valence-electron chi connectivity index (χ2n) is 12.3. The van der Waals surface area contributed by atoms with Crippen LogP contribution in [0.2, 0.25) is 0 Å². The van der Waals surface area contributed by atoms with E-state index >= 15 is 0 Å². The summed E-state index contributed by atoms with van der Waals surface area (Å²) in [5, 5.41) is 0. The summed E-state index contributed by atoms with van der Waals surface area (Å²) in [6.07, 6.45) is 3.17. The van der Waals surface area contributed by atoms with Crippen molar-refractivity contribution in [1.82, 2.24) is 0 Å². The van der Waals surface area contributed by atoms with Crippen LogP contribution in [0.15, 0.2) is 109 Å². The van der Waals surface area contributed by atoms with Gasteiger partial charge in [-0.2, -0.15) is 0 Å². The summed E-state index contributed by atoms with van der Waals surface area (Å²) in [7, 11) is 0.990. The van der Waals surface area contributed by atoms with Crippen molar-refractivity contribution in [3.8, 4) is 55.5 Å². The van der Waals surface area contributed by atoms with Crippen molar-refractivity contribution in [3.63, 3.8) is 0 Å². The van der Waals surface area contributed by atoms with Crippen molar-refractivity contribution in [3.05, 3.63) is 131 Å². The monoisotopic (exact) mass is 626 g/mol. The second kappa shape index (κ2) is 12.8. The fourth-order valence-electron chi connectivity index (χ4n) is 6.88. The standard InChI is InChI=1S/C41H40O2P2/c1-26-14-5-9-18-30(26)34-24-44-40(38(34)32-20-11-7-16-28(32)3)42-36-22-13-23-37(36)43-41-39(33-21-12-8-17-29(33)4)35(25-45-41)31-19-10-6-15-27(31)2/h5-12,14-21,24-25,36-37,44-45H,13,22-23H2,1-4H3. The molecule has 4 atom stereocenters. The average molecular weight is 627 g/mol. The quantitative estimate of drug-likeness (QED) is 0.167. The molecule has 0 bridgehead atoms. The summed E-state index contributed by atoms with van der Waals surface area (Å²) in [4.78, 5) is 0. The van der Waals surface area contributed by atoms with Gasteiger partial charge in [0.25, 0.3) is 0 Å². The molecule has 1 fully saturated rings. The minimum Gasteiger partial charge on any atom is -0.482 e. The Hall–Kier alpha value is -3.96. The predicted molar refractivity (Wildman–Crippen MR) is 195 cm³/mol. The maximum Gasteiger partial charge on any atom is 0.143 e. The van der Waals surface area contributed by atoms with Crippen LogP contribution in [0.5, 0.6) is 11.0 Å². The van der Waals surface area contributed by atoms with Gasteiger partial charge < -0.3 is 9.47 Å². The first-order valence-electron chi connectivity index (χ1n) is 16.0. The molecule has 0 radical (unpaired) electrons. The Labute approximate surface area is 270 Å². The predicted octanol–water partition coefficient (Wildman–Crippen LogP) is 12.0. The number of hydrogen-bond donors (Lipinski definition) is 0. The first-order valence-corrected chi connectivity index (χ1v) is 18.1. The number of hydrogen-bond acceptors (Lipinski definition) is 2. The van der Waals surface area contributed by atoms with E-state index in [4.69, 9.17) is 9.47 Å². The van der Waals surface area contributed by atoms with Gasteiger partial charge in [-0.25, -0.2) is 0 Å². The highest BCUT2D eigenvalue weighted by Gasteiger charge is 2.34. The lowest BCUT2D eigenvalue weighted by atomic mass is 9.93. The van der Waals surface area contributed by atoms with Crippen LogP contribution in [0.1, 0.15) is 41.5 Å². The third-order valence-electron chi connectivity index (χ3n) is 9.32. The van der Waals surface area contributed by atoms with E-state index in [2.05, 4.69) is 136 Å². The molecule has 0 aliphatic heterocycles. The van der Waals surface area contributed by atoms with E-state index in [9.17, 15) is 0 Å². The van der Waals surface area contributed by atoms with Crippen LogP contribution < -0.4 is 9.47 Å². The van der Waals surface area contributed by atoms with Gasteiger partial charge in [0.05, 0.1) is 0 Å². The molecule has 4 aromatic carbocycles. The second-order valence-corrected chi connectivity index (χ2v) is 14.4. The van der Waals surface area contributed by atoms with Gasteiger partial charge >= 0.3 is 0 Å². The van der Waals surface area contributed by atoms with Crippen LogP contribution in [0.3, 0.4) is 0 Å². The third kappa shape index (κ3) is 5.79. The molecule has 4 heteroatoms. The van der Waals surface area contributed by atoms with Crippen molar-refractivity contribution >= 4 is 16.4 Å². The Morgan fingerprint density at radius 1 is 0.444 bits per heavy atom. The average Bonchev–Trinajstić information content (AvgIpc) is 3.78. The van der Waals surface area contributed by atoms with Gasteiger partial charge in [0.1, 0.15) is 23.2 Å². The molecule has 0 amide bonds. The Morgan fingerprint density at radius 3 is 1.13 bits per heavy atom. The van der Waals surface area contributed by atoms with Crippen LogP contribution >= 0.6 is 16.4 Å². The summed E-state index contributed by atoms with van der Waals surface area (Å²) in [6.45, 7) is 8.82. The normalized spacial score (nSPS) is 16.5. The molecule has 2 nitrogen and oxygen atoms in total. The van der Waals surface area contributed by atoms with Gasteiger partial charge in [-0.05, 0) is 114 Å². The first kappa shape index (κ1) is 29.7. The minimum absolute atomic E-state index is 0.0223. The molecule has 7 rings (SSSR count). The Morgan fingerprint density at radius 2 is 0.778 bits per heavy atom. The maximum absolute atomic E-state index is 7.08. The van der Waals surface area contributed by atoms with Crippen LogP contribution in [0.4, 0.5) is 0 Å². The van der Waals surface area contributed by atoms with E-state index in [-0.39, 0.29) is 12.2 Å². The molecule has 2 heterocycles. The smallest absolute Gasteiger partial charge is 0.143 e. The fraction of sp³-hybridized carbons (Fsp3) is 0.220. The van der Waals surface area contributed by atoms with Gasteiger partial charge in [-0.15, -0.1) is 0 Å². The van der Waals surface area contributed by atoms with E-state index in [0.29, 0.717) is 16.4 Å². The molecule has 4 unspecified atom stereocenters. The molecule has 0 N–H and O–H groups in total. The van der Waals surface area contributed by atoms with Crippen molar-refractivity contribution in [2.24, 2.45) is 0 Å². The number of rotatable bonds is 8. The van der Waals surface area contributed by atoms with E-state index < -0.39 is 0 Å². The Bertz CT molecular complexity index is 1820. The van der Waals surface area contributed by atoms with E-state index in [1.54, 1.807) is 0 Å². The summed E-state index contributed by atoms with van der Waals surface area (Å²) in [6, 6.07) is 34.9. The third-order valence-corrected chi connectivity index (χ3v) is 11.4. The molecule has 1 aliphatic carbocycles. The highest BCUT2D eigenvalue weighted by Crippen LogP contribution is 2.52. The molecule has 45 heavy (non-hydrogen) atoms. The van der Waals surface area contributed by atoms with Gasteiger partial charge in [-0.1, -0.05) is 113 Å². The Kier molecular flexibility index (Phi) is 8.46. The molecule has 0 spiro atoms. The molecule has 226 valence electrons. The van der Waals surface area contributed by atoms with Crippen molar-refractivity contribution in [2.75, 3.05) is 0 Å². The van der Waals surface area contributed by atoms with Crippen LogP contribution in [0.25, 0.3) is 44.5 Å². The summed E-state index contributed by atoms with van der Waals surface area (Å²) in [5.74, 6) is 4.78. The zero-order chi connectivity index (χ0) is 30.9. The molecule has 6 aromatic rings. The van der Waals surface area contributed by atoms with Crippen LogP contribution in [-0.2, 0) is 0 Å². The highest BCUT2D eigenvalue weighted by atomic mass is 31.0. The zero-order valence-electron chi connectivity index (χ0n) is 26.5. The summed E-state index contributed by atoms with van der Waals surface area (Å²) < 4.78 is 14.2. The molecule has 0 saturated heterocycles. The first-order chi connectivity index (χ1) is 22.0. The van der Waals surface area contributed by atoms with Gasteiger partial charge in [0.15, 0.2) is 0 Å². The highest BCUT2D eigenvalue weighted by molar-refractivity contribution is 7.33. The molecular weight excluding hydrogens is 586 g/mol. The molecule has 1 saturated carbocycles. The van der Waals surface area contributed by atoms with Gasteiger partial charge in [0.2, 0.25) is 0 Å². The zero-order valence-corrected chi connectivity index (χ0v) is 28.5. The van der Waals surface area contributed by atoms with E-state index in [1.165, 1.54) is 66.8 Å². The largest absolute Gasteiger partial charge is 0.482 e. The summed E-state index contributed by atoms with van der Waals surface area (Å²) in [5.41, 5.74) is 17.5. The van der Waals surface area contributed by atoms with Crippen molar-refractivity contribution in [1.29, 1.82) is 0 Å². The van der Waals surface area contributed by atoms with Crippen LogP contribution in [-0.4, -0.2) is 12.2 Å². The lowest BCUT2D eigenvalue weighted by molar-refractivity contribution is 0.0844. The van der Waals surface area contributed by atoms with Crippen LogP contribution in [0, 0.1) is 27.7 Å². The fourth-order valence-corrected chi connectivity index (χ4v) is 9.29. The van der Waals surface area contributed by atoms with Gasteiger partial charge in [-0.3, -0.25) is 0 Å². The topological polar surface area (TPSA) is 18.5 Å². The number of ether oxygens (including phenoxy) is 2. The van der Waals surface area contributed by atoms with Crippen molar-refractivity contribution in [2.45, 2.75) is 59.2 Å². The SMILES string of the molecule is Cc1ccccc1-c1c[pH]c(OC2CCCC2Oc2[pH]cc(-c3ccccc3C)c2-c2ccccc2C)c1-c1ccccc1C. The van der Waals surface area contributed by atoms with E-state index in [0.717, 1.165) is 30.2 Å². The molecular formula is C41H40O2P2. The lowest BCUT2D eigenvalue weighted by Crippen LogP contribution is -2.31. The Balaban J connectivity index is 1.26. The summed E-state index contributed by atoms with van der Waals surface area (Å²) >= 11 is 0. The van der Waals surface area contributed by atoms with Crippen molar-refractivity contribution < 1.29 is 9.47 Å². The molecule has 1 aliphatic rings. The molecule has 2 aromatic heterocycles.